The normalized spacial score (nSPS) is 13.3. The minimum atomic E-state index is 0.0623. The summed E-state index contributed by atoms with van der Waals surface area (Å²) >= 11 is 1.56. The van der Waals surface area contributed by atoms with Crippen LogP contribution >= 0.6 is 11.3 Å². The van der Waals surface area contributed by atoms with Gasteiger partial charge in [-0.05, 0) is 31.2 Å². The molecule has 2 N–H and O–H groups in total. The van der Waals surface area contributed by atoms with E-state index in [9.17, 15) is 4.79 Å². The third kappa shape index (κ3) is 3.55. The van der Waals surface area contributed by atoms with Gasteiger partial charge in [0.05, 0.1) is 36.5 Å². The van der Waals surface area contributed by atoms with Crippen molar-refractivity contribution in [2.75, 3.05) is 19.4 Å². The molecule has 0 bridgehead atoms. The van der Waals surface area contributed by atoms with Gasteiger partial charge < -0.3 is 15.4 Å². The van der Waals surface area contributed by atoms with Crippen molar-refractivity contribution >= 4 is 23.1 Å². The number of carbonyl (C=O) groups is 1. The van der Waals surface area contributed by atoms with E-state index in [-0.39, 0.29) is 5.91 Å². The van der Waals surface area contributed by atoms with Crippen molar-refractivity contribution in [3.05, 3.63) is 51.7 Å². The fraction of sp³-hybridized carbons (Fsp3) is 0.300. The third-order valence-corrected chi connectivity index (χ3v) is 5.84. The zero-order chi connectivity index (χ0) is 19.7. The summed E-state index contributed by atoms with van der Waals surface area (Å²) in [5, 5.41) is 0.940. The maximum Gasteiger partial charge on any atom is 0.228 e. The number of anilines is 1. The lowest BCUT2D eigenvalue weighted by Gasteiger charge is -2.28. The highest BCUT2D eigenvalue weighted by molar-refractivity contribution is 7.12. The first-order valence-corrected chi connectivity index (χ1v) is 9.83. The second kappa shape index (κ2) is 7.55. The molecule has 1 amide bonds. The topological polar surface area (TPSA) is 94.2 Å². The molecule has 1 aliphatic rings. The van der Waals surface area contributed by atoms with Gasteiger partial charge >= 0.3 is 0 Å². The molecule has 8 heteroatoms. The largest absolute Gasteiger partial charge is 0.497 e. The lowest BCUT2D eigenvalue weighted by atomic mass is 10.1. The van der Waals surface area contributed by atoms with Gasteiger partial charge in [0, 0.05) is 29.0 Å². The van der Waals surface area contributed by atoms with Crippen LogP contribution in [0.2, 0.25) is 0 Å². The Bertz CT molecular complexity index is 1020. The fourth-order valence-electron chi connectivity index (χ4n) is 3.39. The number of hydrogen-bond acceptors (Lipinski definition) is 7. The van der Waals surface area contributed by atoms with Gasteiger partial charge in [-0.3, -0.25) is 4.79 Å². The van der Waals surface area contributed by atoms with E-state index < -0.39 is 0 Å². The molecular weight excluding hydrogens is 374 g/mol. The third-order valence-electron chi connectivity index (χ3n) is 4.87. The predicted octanol–water partition coefficient (Wildman–Crippen LogP) is 2.63. The Morgan fingerprint density at radius 2 is 2.07 bits per heavy atom. The Labute approximate surface area is 167 Å². The average molecular weight is 395 g/mol. The molecule has 0 spiro atoms. The van der Waals surface area contributed by atoms with E-state index in [0.717, 1.165) is 38.1 Å². The minimum Gasteiger partial charge on any atom is -0.497 e. The number of benzene rings is 1. The molecule has 0 unspecified atom stereocenters. The molecule has 144 valence electrons. The van der Waals surface area contributed by atoms with Crippen molar-refractivity contribution in [2.45, 2.75) is 26.3 Å². The summed E-state index contributed by atoms with van der Waals surface area (Å²) in [6.45, 7) is 3.05. The number of thiazole rings is 1. The summed E-state index contributed by atoms with van der Waals surface area (Å²) < 4.78 is 5.22. The number of carbonyl (C=O) groups excluding carboxylic acids is 1. The zero-order valence-corrected chi connectivity index (χ0v) is 16.6. The van der Waals surface area contributed by atoms with Crippen LogP contribution in [0.3, 0.4) is 0 Å². The number of nitrogens with two attached hydrogens (primary N) is 1. The lowest BCUT2D eigenvalue weighted by Crippen LogP contribution is -2.37. The monoisotopic (exact) mass is 395 g/mol. The van der Waals surface area contributed by atoms with Crippen LogP contribution in [0.5, 0.6) is 5.75 Å². The van der Waals surface area contributed by atoms with Crippen LogP contribution in [0.15, 0.2) is 30.6 Å². The number of aromatic nitrogens is 3. The van der Waals surface area contributed by atoms with Crippen molar-refractivity contribution in [2.24, 2.45) is 0 Å². The van der Waals surface area contributed by atoms with Crippen molar-refractivity contribution in [3.8, 4) is 17.0 Å². The molecule has 0 radical (unpaired) electrons. The molecule has 3 aromatic rings. The number of methoxy groups -OCH3 is 1. The second-order valence-electron chi connectivity index (χ2n) is 6.66. The molecule has 28 heavy (non-hydrogen) atoms. The van der Waals surface area contributed by atoms with Crippen LogP contribution in [-0.4, -0.2) is 39.4 Å². The maximum atomic E-state index is 13.0. The maximum absolute atomic E-state index is 13.0. The molecule has 1 aliphatic heterocycles. The van der Waals surface area contributed by atoms with Crippen molar-refractivity contribution in [1.82, 2.24) is 19.9 Å². The first-order valence-electron chi connectivity index (χ1n) is 9.02. The van der Waals surface area contributed by atoms with Gasteiger partial charge in [-0.2, -0.15) is 0 Å². The molecule has 4 rings (SSSR count). The van der Waals surface area contributed by atoms with Crippen LogP contribution in [0.4, 0.5) is 5.82 Å². The highest BCUT2D eigenvalue weighted by Gasteiger charge is 2.25. The first-order chi connectivity index (χ1) is 13.5. The smallest absolute Gasteiger partial charge is 0.228 e. The molecule has 0 saturated carbocycles. The molecule has 3 heterocycles. The standard InChI is InChI=1S/C20H21N5O2S/c1-12-24-19(13-3-5-14(27-2)6-4-13)17(28-12)9-18(26)25-8-7-16-15(10-25)20(21)23-11-22-16/h3-6,11H,7-10H2,1-2H3,(H2,21,22,23). The van der Waals surface area contributed by atoms with Gasteiger partial charge in [0.25, 0.3) is 0 Å². The van der Waals surface area contributed by atoms with E-state index in [0.29, 0.717) is 31.7 Å². The summed E-state index contributed by atoms with van der Waals surface area (Å²) in [6, 6.07) is 7.74. The SMILES string of the molecule is COc1ccc(-c2nc(C)sc2CC(=O)N2CCc3ncnc(N)c3C2)cc1. The van der Waals surface area contributed by atoms with Gasteiger partial charge in [0.2, 0.25) is 5.91 Å². The first kappa shape index (κ1) is 18.4. The van der Waals surface area contributed by atoms with Crippen molar-refractivity contribution < 1.29 is 9.53 Å². The molecule has 0 aliphatic carbocycles. The van der Waals surface area contributed by atoms with Crippen LogP contribution in [0.1, 0.15) is 21.1 Å². The van der Waals surface area contributed by atoms with Crippen LogP contribution in [0.25, 0.3) is 11.3 Å². The van der Waals surface area contributed by atoms with Crippen LogP contribution in [-0.2, 0) is 24.2 Å². The highest BCUT2D eigenvalue weighted by Crippen LogP contribution is 2.30. The van der Waals surface area contributed by atoms with E-state index in [1.807, 2.05) is 36.1 Å². The Morgan fingerprint density at radius 3 is 2.82 bits per heavy atom. The molecule has 0 atom stereocenters. The summed E-state index contributed by atoms with van der Waals surface area (Å²) in [6.07, 6.45) is 2.49. The molecule has 7 nitrogen and oxygen atoms in total. The minimum absolute atomic E-state index is 0.0623. The number of rotatable bonds is 4. The summed E-state index contributed by atoms with van der Waals surface area (Å²) in [7, 11) is 1.64. The van der Waals surface area contributed by atoms with Gasteiger partial charge in [-0.1, -0.05) is 0 Å². The Balaban J connectivity index is 1.55. The number of aryl methyl sites for hydroxylation is 1. The van der Waals surface area contributed by atoms with E-state index in [1.54, 1.807) is 18.4 Å². The molecule has 0 fully saturated rings. The Hall–Kier alpha value is -3.00. The van der Waals surface area contributed by atoms with Crippen molar-refractivity contribution in [1.29, 1.82) is 0 Å². The van der Waals surface area contributed by atoms with Crippen LogP contribution < -0.4 is 10.5 Å². The summed E-state index contributed by atoms with van der Waals surface area (Å²) in [5.41, 5.74) is 9.61. The van der Waals surface area contributed by atoms with E-state index in [4.69, 9.17) is 10.5 Å². The lowest BCUT2D eigenvalue weighted by molar-refractivity contribution is -0.131. The Kier molecular flexibility index (Phi) is 4.95. The number of ether oxygens (including phenoxy) is 1. The van der Waals surface area contributed by atoms with Gasteiger partial charge in [0.1, 0.15) is 17.9 Å². The zero-order valence-electron chi connectivity index (χ0n) is 15.8. The molecule has 0 saturated heterocycles. The number of nitrogen functional groups attached to an aromatic ring is 1. The average Bonchev–Trinajstić information content (AvgIpc) is 3.08. The number of amides is 1. The van der Waals surface area contributed by atoms with Crippen LogP contribution in [0, 0.1) is 6.92 Å². The van der Waals surface area contributed by atoms with Gasteiger partial charge in [-0.25, -0.2) is 15.0 Å². The van der Waals surface area contributed by atoms with E-state index in [1.165, 1.54) is 6.33 Å². The van der Waals surface area contributed by atoms with Gasteiger partial charge in [0.15, 0.2) is 0 Å². The summed E-state index contributed by atoms with van der Waals surface area (Å²) in [5.74, 6) is 1.31. The number of fused-ring (bicyclic) bond motifs is 1. The predicted molar refractivity (Wildman–Crippen MR) is 108 cm³/mol. The second-order valence-corrected chi connectivity index (χ2v) is 7.95. The number of hydrogen-bond donors (Lipinski definition) is 1. The quantitative estimate of drug-likeness (QED) is 0.730. The molecule has 1 aromatic carbocycles. The molecule has 2 aromatic heterocycles. The Morgan fingerprint density at radius 1 is 1.29 bits per heavy atom. The molecular formula is C20H21N5O2S. The van der Waals surface area contributed by atoms with E-state index >= 15 is 0 Å². The van der Waals surface area contributed by atoms with Crippen molar-refractivity contribution in [3.63, 3.8) is 0 Å². The van der Waals surface area contributed by atoms with Gasteiger partial charge in [-0.15, -0.1) is 11.3 Å². The fourth-order valence-corrected chi connectivity index (χ4v) is 4.34. The summed E-state index contributed by atoms with van der Waals surface area (Å²) in [4.78, 5) is 28.8. The number of nitrogens with zero attached hydrogens (tertiary/aromatic N) is 4. The highest BCUT2D eigenvalue weighted by atomic mass is 32.1. The van der Waals surface area contributed by atoms with E-state index in [2.05, 4.69) is 15.0 Å².